The van der Waals surface area contributed by atoms with Crippen LogP contribution in [0.25, 0.3) is 17.4 Å². The molecule has 1 aliphatic rings. The van der Waals surface area contributed by atoms with Gasteiger partial charge in [0.2, 0.25) is 0 Å². The van der Waals surface area contributed by atoms with Gasteiger partial charge in [0.05, 0.1) is 16.3 Å². The van der Waals surface area contributed by atoms with E-state index < -0.39 is 23.8 Å². The third kappa shape index (κ3) is 3.91. The number of nitrogens with one attached hydrogen (secondary N) is 1. The Morgan fingerprint density at radius 2 is 1.78 bits per heavy atom. The zero-order chi connectivity index (χ0) is 23.0. The molecule has 8 nitrogen and oxygen atoms in total. The number of carboxylic acid groups (broad SMARTS) is 1. The number of halogens is 1. The van der Waals surface area contributed by atoms with Gasteiger partial charge in [-0.1, -0.05) is 29.3 Å². The second-order valence-electron chi connectivity index (χ2n) is 7.00. The van der Waals surface area contributed by atoms with Gasteiger partial charge in [-0.3, -0.25) is 14.9 Å². The highest BCUT2D eigenvalue weighted by atomic mass is 35.5. The molecule has 1 aromatic heterocycles. The van der Waals surface area contributed by atoms with E-state index in [1.165, 1.54) is 36.4 Å². The first-order valence-electron chi connectivity index (χ1n) is 9.36. The first-order chi connectivity index (χ1) is 15.2. The molecule has 32 heavy (non-hydrogen) atoms. The number of hydrogen-bond donors (Lipinski definition) is 2. The summed E-state index contributed by atoms with van der Waals surface area (Å²) in [6.07, 6.45) is 1.21. The minimum atomic E-state index is -1.12. The summed E-state index contributed by atoms with van der Waals surface area (Å²) in [6, 6.07) is 13.0. The average Bonchev–Trinajstić information content (AvgIpc) is 3.21. The molecule has 3 aromatic rings. The number of amides is 4. The number of barbiturate groups is 1. The largest absolute Gasteiger partial charge is 0.478 e. The van der Waals surface area contributed by atoms with E-state index >= 15 is 0 Å². The first-order valence-corrected chi connectivity index (χ1v) is 9.73. The standard InChI is InChI=1S/C23H15ClN2O6/c1-12-2-5-14(6-3-12)26-21(28)17(20(27)25-23(26)31)11-15-7-9-19(32-15)16-10-13(22(29)30)4-8-18(16)24/h2-11H,1H3,(H,29,30)(H,25,27,31)/b17-11+. The summed E-state index contributed by atoms with van der Waals surface area (Å²) in [6.45, 7) is 1.86. The van der Waals surface area contributed by atoms with Crippen molar-refractivity contribution in [1.82, 2.24) is 5.32 Å². The van der Waals surface area contributed by atoms with Crippen molar-refractivity contribution in [3.05, 3.63) is 82.1 Å². The van der Waals surface area contributed by atoms with Crippen molar-refractivity contribution in [2.24, 2.45) is 0 Å². The van der Waals surface area contributed by atoms with E-state index in [-0.39, 0.29) is 27.7 Å². The van der Waals surface area contributed by atoms with Crippen molar-refractivity contribution in [1.29, 1.82) is 0 Å². The third-order valence-corrected chi connectivity index (χ3v) is 5.12. The SMILES string of the molecule is Cc1ccc(N2C(=O)NC(=O)/C(=C\c3ccc(-c4cc(C(=O)O)ccc4Cl)o3)C2=O)cc1. The van der Waals surface area contributed by atoms with Crippen molar-refractivity contribution < 1.29 is 28.7 Å². The Bertz CT molecular complexity index is 1310. The lowest BCUT2D eigenvalue weighted by atomic mass is 10.1. The van der Waals surface area contributed by atoms with Gasteiger partial charge in [0.25, 0.3) is 11.8 Å². The van der Waals surface area contributed by atoms with Crippen LogP contribution >= 0.6 is 11.6 Å². The summed E-state index contributed by atoms with van der Waals surface area (Å²) in [5, 5.41) is 11.6. The van der Waals surface area contributed by atoms with Gasteiger partial charge in [0, 0.05) is 5.56 Å². The number of aromatic carboxylic acids is 1. The number of hydrogen-bond acceptors (Lipinski definition) is 5. The molecule has 0 aliphatic carbocycles. The Balaban J connectivity index is 1.69. The second-order valence-corrected chi connectivity index (χ2v) is 7.40. The molecule has 1 fully saturated rings. The Morgan fingerprint density at radius 1 is 1.06 bits per heavy atom. The van der Waals surface area contributed by atoms with E-state index in [2.05, 4.69) is 5.32 Å². The van der Waals surface area contributed by atoms with Gasteiger partial charge in [-0.05, 0) is 55.5 Å². The number of nitrogens with zero attached hydrogens (tertiary/aromatic N) is 1. The third-order valence-electron chi connectivity index (χ3n) is 4.79. The lowest BCUT2D eigenvalue weighted by Gasteiger charge is -2.26. The maximum Gasteiger partial charge on any atom is 0.335 e. The van der Waals surface area contributed by atoms with Crippen LogP contribution in [0.3, 0.4) is 0 Å². The van der Waals surface area contributed by atoms with Gasteiger partial charge < -0.3 is 9.52 Å². The van der Waals surface area contributed by atoms with E-state index in [1.54, 1.807) is 24.3 Å². The molecule has 2 N–H and O–H groups in total. The molecule has 9 heteroatoms. The highest BCUT2D eigenvalue weighted by Gasteiger charge is 2.37. The van der Waals surface area contributed by atoms with Crippen LogP contribution in [0.4, 0.5) is 10.5 Å². The fraction of sp³-hybridized carbons (Fsp3) is 0.0435. The van der Waals surface area contributed by atoms with Crippen LogP contribution in [0.1, 0.15) is 21.7 Å². The zero-order valence-electron chi connectivity index (χ0n) is 16.6. The summed E-state index contributed by atoms with van der Waals surface area (Å²) in [5.74, 6) is -2.38. The van der Waals surface area contributed by atoms with Crippen LogP contribution in [0.15, 0.2) is 64.6 Å². The topological polar surface area (TPSA) is 117 Å². The summed E-state index contributed by atoms with van der Waals surface area (Å²) < 4.78 is 5.68. The number of anilines is 1. The molecule has 1 aliphatic heterocycles. The molecule has 2 heterocycles. The molecule has 1 saturated heterocycles. The fourth-order valence-corrected chi connectivity index (χ4v) is 3.36. The van der Waals surface area contributed by atoms with Crippen molar-refractivity contribution in [3.63, 3.8) is 0 Å². The molecule has 0 unspecified atom stereocenters. The molecule has 0 spiro atoms. The molecule has 0 radical (unpaired) electrons. The first kappa shape index (κ1) is 21.1. The maximum absolute atomic E-state index is 12.9. The minimum absolute atomic E-state index is 0.0230. The van der Waals surface area contributed by atoms with Gasteiger partial charge in [-0.25, -0.2) is 14.5 Å². The quantitative estimate of drug-likeness (QED) is 0.452. The number of carboxylic acids is 1. The monoisotopic (exact) mass is 450 g/mol. The van der Waals surface area contributed by atoms with Gasteiger partial charge in [0.15, 0.2) is 0 Å². The molecule has 4 rings (SSSR count). The van der Waals surface area contributed by atoms with Crippen LogP contribution in [0, 0.1) is 6.92 Å². The summed E-state index contributed by atoms with van der Waals surface area (Å²) in [7, 11) is 0. The predicted octanol–water partition coefficient (Wildman–Crippen LogP) is 4.27. The number of urea groups is 1. The number of imide groups is 2. The molecule has 0 saturated carbocycles. The van der Waals surface area contributed by atoms with Gasteiger partial charge in [-0.15, -0.1) is 0 Å². The van der Waals surface area contributed by atoms with Gasteiger partial charge >= 0.3 is 12.0 Å². The number of carbonyl (C=O) groups excluding carboxylic acids is 3. The Labute approximate surface area is 186 Å². The van der Waals surface area contributed by atoms with E-state index in [9.17, 15) is 24.3 Å². The normalized spacial score (nSPS) is 15.2. The molecular formula is C23H15ClN2O6. The van der Waals surface area contributed by atoms with Crippen LogP contribution in [0.5, 0.6) is 0 Å². The fourth-order valence-electron chi connectivity index (χ4n) is 3.15. The van der Waals surface area contributed by atoms with E-state index in [0.29, 0.717) is 11.3 Å². The maximum atomic E-state index is 12.9. The highest BCUT2D eigenvalue weighted by molar-refractivity contribution is 6.39. The highest BCUT2D eigenvalue weighted by Crippen LogP contribution is 2.31. The second kappa shape index (κ2) is 8.16. The van der Waals surface area contributed by atoms with Crippen LogP contribution < -0.4 is 10.2 Å². The van der Waals surface area contributed by atoms with Crippen molar-refractivity contribution in [3.8, 4) is 11.3 Å². The summed E-state index contributed by atoms with van der Waals surface area (Å²) >= 11 is 6.17. The number of aryl methyl sites for hydroxylation is 1. The molecule has 4 amide bonds. The van der Waals surface area contributed by atoms with Crippen LogP contribution in [-0.2, 0) is 9.59 Å². The van der Waals surface area contributed by atoms with E-state index in [0.717, 1.165) is 10.5 Å². The van der Waals surface area contributed by atoms with E-state index in [4.69, 9.17) is 16.0 Å². The summed E-state index contributed by atoms with van der Waals surface area (Å²) in [5.41, 5.74) is 1.33. The number of benzene rings is 2. The van der Waals surface area contributed by atoms with Crippen molar-refractivity contribution in [2.75, 3.05) is 4.90 Å². The lowest BCUT2D eigenvalue weighted by molar-refractivity contribution is -0.122. The number of carbonyl (C=O) groups is 4. The molecule has 160 valence electrons. The Kier molecular flexibility index (Phi) is 5.38. The Morgan fingerprint density at radius 3 is 2.47 bits per heavy atom. The number of furan rings is 1. The zero-order valence-corrected chi connectivity index (χ0v) is 17.3. The smallest absolute Gasteiger partial charge is 0.335 e. The van der Waals surface area contributed by atoms with Crippen LogP contribution in [-0.4, -0.2) is 28.9 Å². The molecular weight excluding hydrogens is 436 g/mol. The van der Waals surface area contributed by atoms with Crippen molar-refractivity contribution >= 4 is 47.2 Å². The van der Waals surface area contributed by atoms with Gasteiger partial charge in [0.1, 0.15) is 17.1 Å². The van der Waals surface area contributed by atoms with Crippen LogP contribution in [0.2, 0.25) is 5.02 Å². The average molecular weight is 451 g/mol. The van der Waals surface area contributed by atoms with E-state index in [1.807, 2.05) is 6.92 Å². The lowest BCUT2D eigenvalue weighted by Crippen LogP contribution is -2.54. The Hall–Kier alpha value is -4.17. The molecule has 0 atom stereocenters. The van der Waals surface area contributed by atoms with Crippen molar-refractivity contribution in [2.45, 2.75) is 6.92 Å². The minimum Gasteiger partial charge on any atom is -0.478 e. The molecule has 2 aromatic carbocycles. The number of rotatable bonds is 4. The predicted molar refractivity (Wildman–Crippen MR) is 116 cm³/mol. The molecule has 0 bridgehead atoms. The summed E-state index contributed by atoms with van der Waals surface area (Å²) in [4.78, 5) is 49.6. The van der Waals surface area contributed by atoms with Gasteiger partial charge in [-0.2, -0.15) is 0 Å².